The number of benzene rings is 2. The monoisotopic (exact) mass is 404 g/mol. The molecule has 0 radical (unpaired) electrons. The van der Waals surface area contributed by atoms with E-state index >= 15 is 0 Å². The molecular weight excluding hydrogens is 380 g/mol. The Bertz CT molecular complexity index is 955. The highest BCUT2D eigenvalue weighted by Gasteiger charge is 2.25. The molecule has 2 aromatic rings. The molecule has 0 aromatic heterocycles. The van der Waals surface area contributed by atoms with Crippen LogP contribution in [0.15, 0.2) is 52.3 Å². The van der Waals surface area contributed by atoms with E-state index in [0.29, 0.717) is 12.3 Å². The van der Waals surface area contributed by atoms with Crippen molar-refractivity contribution in [3.05, 3.63) is 53.6 Å². The second-order valence-corrected chi connectivity index (χ2v) is 10.0. The predicted octanol–water partition coefficient (Wildman–Crippen LogP) is 3.32. The van der Waals surface area contributed by atoms with E-state index < -0.39 is 10.0 Å². The van der Waals surface area contributed by atoms with Crippen molar-refractivity contribution >= 4 is 33.4 Å². The normalized spacial score (nSPS) is 14.3. The average molecular weight is 405 g/mol. The molecule has 0 atom stereocenters. The predicted molar refractivity (Wildman–Crippen MR) is 110 cm³/mol. The third-order valence-electron chi connectivity index (χ3n) is 4.60. The SMILES string of the molecule is Cc1cccc(SCC(=O)N2CCCc3cc(S(=O)(=O)N(C)C)ccc32)c1. The zero-order valence-corrected chi connectivity index (χ0v) is 17.4. The summed E-state index contributed by atoms with van der Waals surface area (Å²) < 4.78 is 25.9. The Morgan fingerprint density at radius 2 is 1.96 bits per heavy atom. The van der Waals surface area contributed by atoms with E-state index in [9.17, 15) is 13.2 Å². The molecule has 144 valence electrons. The first-order valence-corrected chi connectivity index (χ1v) is 11.3. The molecule has 7 heteroatoms. The third-order valence-corrected chi connectivity index (χ3v) is 7.39. The van der Waals surface area contributed by atoms with E-state index in [1.54, 1.807) is 23.1 Å². The van der Waals surface area contributed by atoms with E-state index in [1.165, 1.54) is 35.7 Å². The van der Waals surface area contributed by atoms with Crippen LogP contribution in [-0.2, 0) is 21.2 Å². The molecule has 0 saturated carbocycles. The highest BCUT2D eigenvalue weighted by molar-refractivity contribution is 8.00. The van der Waals surface area contributed by atoms with Crippen LogP contribution in [0.1, 0.15) is 17.5 Å². The Morgan fingerprint density at radius 1 is 1.19 bits per heavy atom. The fraction of sp³-hybridized carbons (Fsp3) is 0.350. The quantitative estimate of drug-likeness (QED) is 0.718. The van der Waals surface area contributed by atoms with Crippen LogP contribution in [0.5, 0.6) is 0 Å². The fourth-order valence-corrected chi connectivity index (χ4v) is 4.97. The van der Waals surface area contributed by atoms with Crippen molar-refractivity contribution in [2.24, 2.45) is 0 Å². The summed E-state index contributed by atoms with van der Waals surface area (Å²) in [7, 11) is -0.431. The van der Waals surface area contributed by atoms with Crippen LogP contribution in [0.4, 0.5) is 5.69 Å². The molecular formula is C20H24N2O3S2. The van der Waals surface area contributed by atoms with Crippen LogP contribution in [0, 0.1) is 6.92 Å². The molecule has 0 saturated heterocycles. The van der Waals surface area contributed by atoms with Crippen LogP contribution in [-0.4, -0.2) is 45.0 Å². The van der Waals surface area contributed by atoms with Gasteiger partial charge in [-0.25, -0.2) is 12.7 Å². The Labute approximate surface area is 165 Å². The topological polar surface area (TPSA) is 57.7 Å². The molecule has 0 bridgehead atoms. The number of carbonyl (C=O) groups is 1. The van der Waals surface area contributed by atoms with Crippen LogP contribution in [0.25, 0.3) is 0 Å². The van der Waals surface area contributed by atoms with Gasteiger partial charge in [0.05, 0.1) is 10.6 Å². The van der Waals surface area contributed by atoms with Gasteiger partial charge >= 0.3 is 0 Å². The van der Waals surface area contributed by atoms with Gasteiger partial charge in [-0.3, -0.25) is 4.79 Å². The maximum Gasteiger partial charge on any atom is 0.242 e. The van der Waals surface area contributed by atoms with Gasteiger partial charge in [0.1, 0.15) is 0 Å². The van der Waals surface area contributed by atoms with Crippen molar-refractivity contribution in [2.45, 2.75) is 29.6 Å². The molecule has 1 heterocycles. The molecule has 1 amide bonds. The Morgan fingerprint density at radius 3 is 2.67 bits per heavy atom. The number of hydrogen-bond donors (Lipinski definition) is 0. The Balaban J connectivity index is 1.78. The molecule has 2 aromatic carbocycles. The lowest BCUT2D eigenvalue weighted by Gasteiger charge is -2.30. The number of sulfonamides is 1. The molecule has 5 nitrogen and oxygen atoms in total. The number of amides is 1. The second kappa shape index (κ2) is 8.04. The number of fused-ring (bicyclic) bond motifs is 1. The molecule has 0 spiro atoms. The average Bonchev–Trinajstić information content (AvgIpc) is 2.65. The number of aryl methyl sites for hydroxylation is 2. The summed E-state index contributed by atoms with van der Waals surface area (Å²) >= 11 is 1.53. The van der Waals surface area contributed by atoms with Crippen LogP contribution in [0.3, 0.4) is 0 Å². The van der Waals surface area contributed by atoms with Gasteiger partial charge in [0, 0.05) is 31.2 Å². The van der Waals surface area contributed by atoms with E-state index in [-0.39, 0.29) is 10.8 Å². The Hall–Kier alpha value is -1.83. The van der Waals surface area contributed by atoms with E-state index in [0.717, 1.165) is 29.0 Å². The van der Waals surface area contributed by atoms with Gasteiger partial charge < -0.3 is 4.90 Å². The zero-order valence-electron chi connectivity index (χ0n) is 15.8. The maximum absolute atomic E-state index is 12.8. The molecule has 27 heavy (non-hydrogen) atoms. The summed E-state index contributed by atoms with van der Waals surface area (Å²) in [4.78, 5) is 15.9. The fourth-order valence-electron chi connectivity index (χ4n) is 3.13. The molecule has 1 aliphatic heterocycles. The van der Waals surface area contributed by atoms with Crippen molar-refractivity contribution in [1.29, 1.82) is 0 Å². The number of nitrogens with zero attached hydrogens (tertiary/aromatic N) is 2. The lowest BCUT2D eigenvalue weighted by atomic mass is 10.0. The van der Waals surface area contributed by atoms with Crippen molar-refractivity contribution in [3.8, 4) is 0 Å². The Kier molecular flexibility index (Phi) is 5.93. The van der Waals surface area contributed by atoms with E-state index in [2.05, 4.69) is 6.07 Å². The molecule has 1 aliphatic rings. The van der Waals surface area contributed by atoms with Crippen molar-refractivity contribution < 1.29 is 13.2 Å². The van der Waals surface area contributed by atoms with E-state index in [1.807, 2.05) is 25.1 Å². The van der Waals surface area contributed by atoms with Crippen molar-refractivity contribution in [3.63, 3.8) is 0 Å². The summed E-state index contributed by atoms with van der Waals surface area (Å²) in [5, 5.41) is 0. The second-order valence-electron chi connectivity index (χ2n) is 6.83. The highest BCUT2D eigenvalue weighted by Crippen LogP contribution is 2.31. The lowest BCUT2D eigenvalue weighted by molar-refractivity contribution is -0.116. The van der Waals surface area contributed by atoms with Crippen LogP contribution < -0.4 is 4.90 Å². The van der Waals surface area contributed by atoms with Gasteiger partial charge in [0.25, 0.3) is 0 Å². The lowest BCUT2D eigenvalue weighted by Crippen LogP contribution is -2.36. The summed E-state index contributed by atoms with van der Waals surface area (Å²) in [6, 6.07) is 13.2. The number of hydrogen-bond acceptors (Lipinski definition) is 4. The highest BCUT2D eigenvalue weighted by atomic mass is 32.2. The first-order chi connectivity index (χ1) is 12.8. The van der Waals surface area contributed by atoms with Crippen molar-refractivity contribution in [1.82, 2.24) is 4.31 Å². The maximum atomic E-state index is 12.8. The van der Waals surface area contributed by atoms with Gasteiger partial charge in [-0.1, -0.05) is 17.7 Å². The summed E-state index contributed by atoms with van der Waals surface area (Å²) in [6.07, 6.45) is 1.61. The van der Waals surface area contributed by atoms with Gasteiger partial charge in [-0.2, -0.15) is 0 Å². The van der Waals surface area contributed by atoms with Crippen molar-refractivity contribution in [2.75, 3.05) is 31.3 Å². The summed E-state index contributed by atoms with van der Waals surface area (Å²) in [5.41, 5.74) is 2.91. The number of carbonyl (C=O) groups excluding carboxylic acids is 1. The summed E-state index contributed by atoms with van der Waals surface area (Å²) in [6.45, 7) is 2.70. The smallest absolute Gasteiger partial charge is 0.242 e. The summed E-state index contributed by atoms with van der Waals surface area (Å²) in [5.74, 6) is 0.409. The van der Waals surface area contributed by atoms with Crippen LogP contribution >= 0.6 is 11.8 Å². The van der Waals surface area contributed by atoms with Crippen LogP contribution in [0.2, 0.25) is 0 Å². The number of anilines is 1. The third kappa shape index (κ3) is 4.36. The molecule has 0 N–H and O–H groups in total. The molecule has 0 fully saturated rings. The minimum Gasteiger partial charge on any atom is -0.311 e. The number of thioether (sulfide) groups is 1. The van der Waals surface area contributed by atoms with Gasteiger partial charge in [-0.05, 0) is 55.7 Å². The number of rotatable bonds is 5. The molecule has 0 unspecified atom stereocenters. The zero-order chi connectivity index (χ0) is 19.6. The minimum absolute atomic E-state index is 0.0469. The van der Waals surface area contributed by atoms with E-state index in [4.69, 9.17) is 0 Å². The first-order valence-electron chi connectivity index (χ1n) is 8.84. The van der Waals surface area contributed by atoms with Gasteiger partial charge in [-0.15, -0.1) is 11.8 Å². The minimum atomic E-state index is -3.47. The van der Waals surface area contributed by atoms with Gasteiger partial charge in [0.15, 0.2) is 0 Å². The largest absolute Gasteiger partial charge is 0.311 e. The molecule has 3 rings (SSSR count). The standard InChI is InChI=1S/C20H24N2O3S2/c1-15-6-4-8-17(12-15)26-14-20(23)22-11-5-7-16-13-18(9-10-19(16)22)27(24,25)21(2)3/h4,6,8-10,12-13H,5,7,11,14H2,1-3H3. The molecule has 0 aliphatic carbocycles. The first kappa shape index (κ1) is 19.9. The van der Waals surface area contributed by atoms with Gasteiger partial charge in [0.2, 0.25) is 15.9 Å².